The Bertz CT molecular complexity index is 546. The summed E-state index contributed by atoms with van der Waals surface area (Å²) in [4.78, 5) is 0. The van der Waals surface area contributed by atoms with E-state index in [1.807, 2.05) is 30.3 Å². The van der Waals surface area contributed by atoms with E-state index < -0.39 is 0 Å². The number of anilines is 4. The van der Waals surface area contributed by atoms with E-state index in [1.54, 1.807) is 6.07 Å². The van der Waals surface area contributed by atoms with Crippen LogP contribution in [0.4, 0.5) is 22.7 Å². The van der Waals surface area contributed by atoms with E-state index in [0.29, 0.717) is 35.4 Å². The Morgan fingerprint density at radius 1 is 0.737 bits per heavy atom. The van der Waals surface area contributed by atoms with Crippen LogP contribution in [0.1, 0.15) is 0 Å². The summed E-state index contributed by atoms with van der Waals surface area (Å²) in [6.07, 6.45) is 0. The molecule has 0 radical (unpaired) electrons. The molecule has 2 aromatic carbocycles. The van der Waals surface area contributed by atoms with Gasteiger partial charge in [0.15, 0.2) is 0 Å². The number of rotatable bonds is 1. The Hall–Kier alpha value is -1.29. The van der Waals surface area contributed by atoms with Crippen LogP contribution in [0.5, 0.6) is 0 Å². The van der Waals surface area contributed by atoms with Gasteiger partial charge in [-0.15, -0.1) is 0 Å². The van der Waals surface area contributed by atoms with Gasteiger partial charge < -0.3 is 22.9 Å². The van der Waals surface area contributed by atoms with Crippen molar-refractivity contribution in [2.75, 3.05) is 22.9 Å². The second kappa shape index (κ2) is 7.34. The van der Waals surface area contributed by atoms with Crippen LogP contribution in [0.3, 0.4) is 0 Å². The van der Waals surface area contributed by atoms with Gasteiger partial charge >= 0.3 is 33.0 Å². The number of hydrogen-bond donors (Lipinski definition) is 4. The molecule has 0 saturated heterocycles. The van der Waals surface area contributed by atoms with E-state index in [0.717, 1.165) is 11.1 Å². The third-order valence-electron chi connectivity index (χ3n) is 2.54. The number of halogens is 2. The SMILES string of the molecule is Nc1ccc(-c2ccc(N)c(N)c2N)cc1.[Cl][Ni][Cl]. The molecule has 0 saturated carbocycles. The van der Waals surface area contributed by atoms with Crippen molar-refractivity contribution in [3.63, 3.8) is 0 Å². The molecule has 0 spiro atoms. The van der Waals surface area contributed by atoms with Gasteiger partial charge in [0.1, 0.15) is 0 Å². The number of benzene rings is 2. The standard InChI is InChI=1S/C12H14N4.2ClH.Ni/c13-8-3-1-7(2-4-8)9-5-6-10(14)12(16)11(9)15;;;/h1-6H,13-16H2;2*1H;/q;;;+2/p-2. The summed E-state index contributed by atoms with van der Waals surface area (Å²) in [6, 6.07) is 11.0. The Morgan fingerprint density at radius 2 is 1.26 bits per heavy atom. The second-order valence-electron chi connectivity index (χ2n) is 3.70. The molecule has 19 heavy (non-hydrogen) atoms. The van der Waals surface area contributed by atoms with Crippen molar-refractivity contribution in [2.45, 2.75) is 0 Å². The van der Waals surface area contributed by atoms with Gasteiger partial charge in [-0.05, 0) is 23.8 Å². The van der Waals surface area contributed by atoms with E-state index >= 15 is 0 Å². The molecular weight excluding hydrogens is 330 g/mol. The monoisotopic (exact) mass is 342 g/mol. The van der Waals surface area contributed by atoms with Crippen LogP contribution < -0.4 is 22.9 Å². The summed E-state index contributed by atoms with van der Waals surface area (Å²) in [5.41, 5.74) is 27.0. The number of hydrogen-bond acceptors (Lipinski definition) is 4. The van der Waals surface area contributed by atoms with Gasteiger partial charge in [0, 0.05) is 11.3 Å². The van der Waals surface area contributed by atoms with Gasteiger partial charge in [0.05, 0.1) is 17.1 Å². The molecule has 0 bridgehead atoms. The maximum absolute atomic E-state index is 5.92. The molecule has 0 fully saturated rings. The molecule has 4 nitrogen and oxygen atoms in total. The molecule has 106 valence electrons. The van der Waals surface area contributed by atoms with Crippen molar-refractivity contribution in [3.8, 4) is 11.1 Å². The van der Waals surface area contributed by atoms with Crippen LogP contribution in [0.25, 0.3) is 11.1 Å². The molecule has 8 N–H and O–H groups in total. The minimum absolute atomic E-state index is 0.425. The summed E-state index contributed by atoms with van der Waals surface area (Å²) in [7, 11) is 9.40. The first-order valence-electron chi connectivity index (χ1n) is 5.13. The molecule has 0 atom stereocenters. The Balaban J connectivity index is 0.000000550. The van der Waals surface area contributed by atoms with E-state index in [9.17, 15) is 0 Å². The van der Waals surface area contributed by atoms with Crippen LogP contribution in [0.2, 0.25) is 0 Å². The van der Waals surface area contributed by atoms with Crippen molar-refractivity contribution in [1.29, 1.82) is 0 Å². The van der Waals surface area contributed by atoms with Gasteiger partial charge in [-0.1, -0.05) is 18.2 Å². The van der Waals surface area contributed by atoms with Crippen LogP contribution in [-0.4, -0.2) is 0 Å². The average molecular weight is 344 g/mol. The van der Waals surface area contributed by atoms with Gasteiger partial charge in [0.25, 0.3) is 0 Å². The van der Waals surface area contributed by atoms with Crippen molar-refractivity contribution in [2.24, 2.45) is 0 Å². The summed E-state index contributed by atoms with van der Waals surface area (Å²) in [6.45, 7) is 0. The van der Waals surface area contributed by atoms with E-state index in [1.165, 1.54) is 0 Å². The maximum atomic E-state index is 5.92. The molecule has 0 aliphatic heterocycles. The molecule has 0 aromatic heterocycles. The Kier molecular flexibility index (Phi) is 6.09. The molecular formula is C12H14Cl2N4Ni. The quantitative estimate of drug-likeness (QED) is 0.472. The molecule has 0 heterocycles. The third-order valence-corrected chi connectivity index (χ3v) is 2.54. The zero-order valence-electron chi connectivity index (χ0n) is 9.85. The number of nitrogen functional groups attached to an aromatic ring is 4. The summed E-state index contributed by atoms with van der Waals surface area (Å²) in [5, 5.41) is 0. The fourth-order valence-corrected chi connectivity index (χ4v) is 1.57. The van der Waals surface area contributed by atoms with Crippen molar-refractivity contribution in [3.05, 3.63) is 36.4 Å². The van der Waals surface area contributed by atoms with E-state index in [4.69, 9.17) is 43.3 Å². The van der Waals surface area contributed by atoms with E-state index in [2.05, 4.69) is 0 Å². The van der Waals surface area contributed by atoms with Gasteiger partial charge in [0.2, 0.25) is 0 Å². The van der Waals surface area contributed by atoms with Crippen LogP contribution in [0, 0.1) is 0 Å². The predicted octanol–water partition coefficient (Wildman–Crippen LogP) is 3.06. The summed E-state index contributed by atoms with van der Waals surface area (Å²) in [5.74, 6) is 0. The molecule has 0 aliphatic carbocycles. The Labute approximate surface area is 126 Å². The zero-order chi connectivity index (χ0) is 14.4. The van der Waals surface area contributed by atoms with Crippen LogP contribution >= 0.6 is 20.4 Å². The fraction of sp³-hybridized carbons (Fsp3) is 0. The summed E-state index contributed by atoms with van der Waals surface area (Å²) >= 11 is 0.569. The van der Waals surface area contributed by atoms with Gasteiger partial charge in [-0.3, -0.25) is 0 Å². The molecule has 2 rings (SSSR count). The normalized spacial score (nSPS) is 9.79. The zero-order valence-corrected chi connectivity index (χ0v) is 12.3. The molecule has 2 aromatic rings. The van der Waals surface area contributed by atoms with Crippen molar-refractivity contribution < 1.29 is 12.7 Å². The van der Waals surface area contributed by atoms with E-state index in [-0.39, 0.29) is 0 Å². The summed E-state index contributed by atoms with van der Waals surface area (Å²) < 4.78 is 0. The van der Waals surface area contributed by atoms with Crippen molar-refractivity contribution in [1.82, 2.24) is 0 Å². The van der Waals surface area contributed by atoms with Crippen molar-refractivity contribution >= 4 is 43.1 Å². The predicted molar refractivity (Wildman–Crippen MR) is 81.2 cm³/mol. The first kappa shape index (κ1) is 15.8. The topological polar surface area (TPSA) is 104 Å². The molecule has 0 amide bonds. The second-order valence-corrected chi connectivity index (χ2v) is 5.33. The number of nitrogens with two attached hydrogens (primary N) is 4. The van der Waals surface area contributed by atoms with Crippen LogP contribution in [-0.2, 0) is 12.7 Å². The average Bonchev–Trinajstić information content (AvgIpc) is 2.39. The first-order valence-corrected chi connectivity index (χ1v) is 7.84. The first-order chi connectivity index (χ1) is 9.01. The Morgan fingerprint density at radius 3 is 1.79 bits per heavy atom. The third kappa shape index (κ3) is 4.10. The minimum atomic E-state index is 0.425. The van der Waals surface area contributed by atoms with Gasteiger partial charge in [-0.2, -0.15) is 0 Å². The fourth-order valence-electron chi connectivity index (χ4n) is 1.57. The molecule has 0 aliphatic rings. The van der Waals surface area contributed by atoms with Crippen LogP contribution in [0.15, 0.2) is 36.4 Å². The molecule has 7 heteroatoms. The van der Waals surface area contributed by atoms with Gasteiger partial charge in [-0.25, -0.2) is 0 Å². The molecule has 0 unspecified atom stereocenters.